The van der Waals surface area contributed by atoms with Gasteiger partial charge in [0.1, 0.15) is 0 Å². The van der Waals surface area contributed by atoms with Gasteiger partial charge in [0.2, 0.25) is 5.60 Å². The lowest BCUT2D eigenvalue weighted by atomic mass is 9.96. The predicted molar refractivity (Wildman–Crippen MR) is 95.5 cm³/mol. The maximum absolute atomic E-state index is 12.5. The molecule has 7 heteroatoms. The Morgan fingerprint density at radius 2 is 1.52 bits per heavy atom. The van der Waals surface area contributed by atoms with E-state index in [0.29, 0.717) is 10.0 Å². The average molecular weight is 379 g/mol. The molecule has 1 aliphatic rings. The monoisotopic (exact) mass is 378 g/mol. The third-order valence-corrected chi connectivity index (χ3v) is 4.73. The predicted octanol–water partition coefficient (Wildman–Crippen LogP) is 3.78. The van der Waals surface area contributed by atoms with E-state index < -0.39 is 23.6 Å². The van der Waals surface area contributed by atoms with Crippen LogP contribution in [0, 0.1) is 0 Å². The zero-order valence-electron chi connectivity index (χ0n) is 13.4. The number of cyclic esters (lactones) is 1. The molecule has 0 saturated carbocycles. The zero-order valence-corrected chi connectivity index (χ0v) is 14.9. The molecule has 0 spiro atoms. The van der Waals surface area contributed by atoms with E-state index in [0.717, 1.165) is 11.1 Å². The third-order valence-electron chi connectivity index (χ3n) is 4.22. The SMILES string of the molecule is CC1(C(N)=O)CN(C(c2ccc(Cl)cc2)c2ccc(Cl)cc2)C(=O)O1. The van der Waals surface area contributed by atoms with E-state index in [1.807, 2.05) is 24.3 Å². The van der Waals surface area contributed by atoms with Crippen LogP contribution in [0.15, 0.2) is 48.5 Å². The molecule has 1 unspecified atom stereocenters. The molecule has 0 radical (unpaired) electrons. The molecule has 3 rings (SSSR count). The van der Waals surface area contributed by atoms with Gasteiger partial charge in [-0.3, -0.25) is 9.69 Å². The van der Waals surface area contributed by atoms with Gasteiger partial charge < -0.3 is 10.5 Å². The van der Waals surface area contributed by atoms with Crippen molar-refractivity contribution in [1.82, 2.24) is 4.90 Å². The topological polar surface area (TPSA) is 72.6 Å². The minimum Gasteiger partial charge on any atom is -0.431 e. The number of amides is 2. The van der Waals surface area contributed by atoms with Gasteiger partial charge in [-0.25, -0.2) is 4.79 Å². The summed E-state index contributed by atoms with van der Waals surface area (Å²) in [5.41, 5.74) is 5.69. The summed E-state index contributed by atoms with van der Waals surface area (Å²) in [6, 6.07) is 13.8. The quantitative estimate of drug-likeness (QED) is 0.879. The van der Waals surface area contributed by atoms with E-state index in [-0.39, 0.29) is 6.54 Å². The second-order valence-electron chi connectivity index (χ2n) is 6.10. The van der Waals surface area contributed by atoms with Crippen LogP contribution < -0.4 is 5.73 Å². The Balaban J connectivity index is 2.05. The standard InChI is InChI=1S/C18H16Cl2N2O3/c1-18(16(21)23)10-22(17(24)25-18)15(11-2-6-13(19)7-3-11)12-4-8-14(20)9-5-12/h2-9,15H,10H2,1H3,(H2,21,23). The van der Waals surface area contributed by atoms with Crippen molar-refractivity contribution in [2.45, 2.75) is 18.6 Å². The summed E-state index contributed by atoms with van der Waals surface area (Å²) in [6.45, 7) is 1.56. The van der Waals surface area contributed by atoms with Gasteiger partial charge in [-0.15, -0.1) is 0 Å². The number of primary amides is 1. The Bertz CT molecular complexity index is 763. The smallest absolute Gasteiger partial charge is 0.411 e. The normalized spacial score (nSPS) is 20.0. The van der Waals surface area contributed by atoms with Crippen LogP contribution in [0.5, 0.6) is 0 Å². The van der Waals surface area contributed by atoms with Crippen LogP contribution in [0.25, 0.3) is 0 Å². The number of benzene rings is 2. The van der Waals surface area contributed by atoms with Crippen LogP contribution in [-0.4, -0.2) is 29.0 Å². The summed E-state index contributed by atoms with van der Waals surface area (Å²) in [5.74, 6) is -0.686. The number of halogens is 2. The van der Waals surface area contributed by atoms with E-state index in [9.17, 15) is 9.59 Å². The Labute approximate surface area is 155 Å². The van der Waals surface area contributed by atoms with Gasteiger partial charge in [-0.05, 0) is 42.3 Å². The zero-order chi connectivity index (χ0) is 18.2. The summed E-state index contributed by atoms with van der Waals surface area (Å²) < 4.78 is 5.25. The number of hydrogen-bond donors (Lipinski definition) is 1. The highest BCUT2D eigenvalue weighted by Crippen LogP contribution is 2.36. The third kappa shape index (κ3) is 3.43. The number of ether oxygens (including phenoxy) is 1. The molecule has 0 aromatic heterocycles. The largest absolute Gasteiger partial charge is 0.431 e. The van der Waals surface area contributed by atoms with Crippen LogP contribution in [0.4, 0.5) is 4.79 Å². The van der Waals surface area contributed by atoms with Crippen molar-refractivity contribution in [1.29, 1.82) is 0 Å². The summed E-state index contributed by atoms with van der Waals surface area (Å²) in [7, 11) is 0. The number of nitrogens with two attached hydrogens (primary N) is 1. The molecule has 130 valence electrons. The number of carbonyl (C=O) groups excluding carboxylic acids is 2. The Morgan fingerprint density at radius 1 is 1.08 bits per heavy atom. The molecular weight excluding hydrogens is 363 g/mol. The lowest BCUT2D eigenvalue weighted by molar-refractivity contribution is -0.131. The number of rotatable bonds is 4. The van der Waals surface area contributed by atoms with E-state index in [1.54, 1.807) is 24.3 Å². The fraction of sp³-hybridized carbons (Fsp3) is 0.222. The first kappa shape index (κ1) is 17.6. The van der Waals surface area contributed by atoms with E-state index in [4.69, 9.17) is 33.7 Å². The highest BCUT2D eigenvalue weighted by molar-refractivity contribution is 6.30. The molecule has 2 amide bonds. The molecular formula is C18H16Cl2N2O3. The molecule has 5 nitrogen and oxygen atoms in total. The fourth-order valence-electron chi connectivity index (χ4n) is 2.84. The molecule has 2 aromatic carbocycles. The first-order chi connectivity index (χ1) is 11.8. The van der Waals surface area contributed by atoms with E-state index >= 15 is 0 Å². The van der Waals surface area contributed by atoms with Crippen molar-refractivity contribution in [3.8, 4) is 0 Å². The highest BCUT2D eigenvalue weighted by atomic mass is 35.5. The van der Waals surface area contributed by atoms with Crippen LogP contribution >= 0.6 is 23.2 Å². The molecule has 1 aliphatic heterocycles. The van der Waals surface area contributed by atoms with Gasteiger partial charge in [-0.1, -0.05) is 47.5 Å². The lowest BCUT2D eigenvalue weighted by Gasteiger charge is -2.27. The van der Waals surface area contributed by atoms with Gasteiger partial charge >= 0.3 is 6.09 Å². The van der Waals surface area contributed by atoms with Crippen LogP contribution in [0.1, 0.15) is 24.1 Å². The van der Waals surface area contributed by atoms with Gasteiger partial charge in [-0.2, -0.15) is 0 Å². The fourth-order valence-corrected chi connectivity index (χ4v) is 3.09. The molecule has 1 heterocycles. The Kier molecular flexibility index (Phi) is 4.62. The van der Waals surface area contributed by atoms with Crippen molar-refractivity contribution >= 4 is 35.2 Å². The van der Waals surface area contributed by atoms with Crippen molar-refractivity contribution in [2.24, 2.45) is 5.73 Å². The molecule has 1 saturated heterocycles. The second kappa shape index (κ2) is 6.58. The molecule has 2 N–H and O–H groups in total. The molecule has 0 bridgehead atoms. The average Bonchev–Trinajstić information content (AvgIpc) is 2.87. The van der Waals surface area contributed by atoms with Gasteiger partial charge in [0.05, 0.1) is 12.6 Å². The number of carbonyl (C=O) groups is 2. The van der Waals surface area contributed by atoms with Crippen LogP contribution in [-0.2, 0) is 9.53 Å². The number of hydrogen-bond acceptors (Lipinski definition) is 3. The van der Waals surface area contributed by atoms with Crippen molar-refractivity contribution in [2.75, 3.05) is 6.54 Å². The summed E-state index contributed by atoms with van der Waals surface area (Å²) in [6.07, 6.45) is -0.601. The van der Waals surface area contributed by atoms with Crippen molar-refractivity contribution in [3.63, 3.8) is 0 Å². The molecule has 0 aliphatic carbocycles. The van der Waals surface area contributed by atoms with Gasteiger partial charge in [0.25, 0.3) is 5.91 Å². The minimum absolute atomic E-state index is 0.0527. The molecule has 25 heavy (non-hydrogen) atoms. The van der Waals surface area contributed by atoms with Crippen LogP contribution in [0.2, 0.25) is 10.0 Å². The van der Waals surface area contributed by atoms with Crippen LogP contribution in [0.3, 0.4) is 0 Å². The summed E-state index contributed by atoms with van der Waals surface area (Å²) in [5, 5.41) is 1.18. The van der Waals surface area contributed by atoms with Crippen molar-refractivity contribution < 1.29 is 14.3 Å². The van der Waals surface area contributed by atoms with Gasteiger partial charge in [0.15, 0.2) is 0 Å². The molecule has 1 fully saturated rings. The first-order valence-electron chi connectivity index (χ1n) is 7.60. The molecule has 2 aromatic rings. The second-order valence-corrected chi connectivity index (χ2v) is 6.97. The maximum Gasteiger partial charge on any atom is 0.411 e. The molecule has 1 atom stereocenters. The first-order valence-corrected chi connectivity index (χ1v) is 8.36. The Morgan fingerprint density at radius 3 is 1.88 bits per heavy atom. The minimum atomic E-state index is -1.37. The summed E-state index contributed by atoms with van der Waals surface area (Å²) >= 11 is 11.9. The van der Waals surface area contributed by atoms with Gasteiger partial charge in [0, 0.05) is 10.0 Å². The maximum atomic E-state index is 12.5. The summed E-state index contributed by atoms with van der Waals surface area (Å²) in [4.78, 5) is 25.6. The Hall–Kier alpha value is -2.24. The number of nitrogens with zero attached hydrogens (tertiary/aromatic N) is 1. The van der Waals surface area contributed by atoms with Crippen molar-refractivity contribution in [3.05, 3.63) is 69.7 Å². The van der Waals surface area contributed by atoms with E-state index in [2.05, 4.69) is 0 Å². The van der Waals surface area contributed by atoms with E-state index in [1.165, 1.54) is 11.8 Å². The lowest BCUT2D eigenvalue weighted by Crippen LogP contribution is -2.45. The highest BCUT2D eigenvalue weighted by Gasteiger charge is 2.48.